The maximum atomic E-state index is 4.89. The molecule has 6 aromatic carbocycles. The third-order valence-electron chi connectivity index (χ3n) is 12.6. The molecule has 9 rings (SSSR count). The van der Waals surface area contributed by atoms with Gasteiger partial charge in [0, 0.05) is 45.7 Å². The van der Waals surface area contributed by atoms with E-state index in [1.54, 1.807) is 0 Å². The largest absolute Gasteiger partial charge is 0.328 e. The Hall–Kier alpha value is -6.17. The van der Waals surface area contributed by atoms with Gasteiger partial charge in [-0.05, 0) is 91.2 Å². The van der Waals surface area contributed by atoms with Crippen molar-refractivity contribution in [1.29, 1.82) is 0 Å². The second kappa shape index (κ2) is 15.1. The number of pyridine rings is 1. The van der Waals surface area contributed by atoms with Gasteiger partial charge in [0.15, 0.2) is 8.07 Å². The molecule has 2 aromatic heterocycles. The van der Waals surface area contributed by atoms with Crippen molar-refractivity contribution in [3.63, 3.8) is 0 Å². The Kier molecular flexibility index (Phi) is 9.94. The predicted molar refractivity (Wildman–Crippen MR) is 263 cm³/mol. The van der Waals surface area contributed by atoms with Crippen molar-refractivity contribution in [3.05, 3.63) is 193 Å². The Balaban J connectivity index is 1.26. The summed E-state index contributed by atoms with van der Waals surface area (Å²) in [6.45, 7) is 21.7. The van der Waals surface area contributed by atoms with Crippen LogP contribution in [0, 0.1) is 5.41 Å². The fraction of sp³-hybridized carbons (Fsp3) is 0.232. The molecule has 8 aromatic rings. The van der Waals surface area contributed by atoms with Gasteiger partial charge in [-0.2, -0.15) is 0 Å². The third-order valence-corrected chi connectivity index (χ3v) is 17.4. The van der Waals surface area contributed by atoms with Crippen LogP contribution in [0.2, 0.25) is 0 Å². The van der Waals surface area contributed by atoms with Crippen molar-refractivity contribution >= 4 is 62.0 Å². The van der Waals surface area contributed by atoms with Crippen LogP contribution in [-0.2, 0) is 10.8 Å². The number of fused-ring (bicyclic) bond motifs is 3. The molecule has 306 valence electrons. The Morgan fingerprint density at radius 3 is 1.64 bits per heavy atom. The first kappa shape index (κ1) is 40.2. The first-order chi connectivity index (χ1) is 29.1. The fourth-order valence-electron chi connectivity index (χ4n) is 9.33. The molecule has 0 radical (unpaired) electrons. The first-order valence-electron chi connectivity index (χ1n) is 21.7. The molecule has 0 unspecified atom stereocenters. The molecule has 0 aliphatic carbocycles. The van der Waals surface area contributed by atoms with Crippen molar-refractivity contribution in [2.45, 2.75) is 73.1 Å². The lowest BCUT2D eigenvalue weighted by atomic mass is 9.80. The number of anilines is 2. The lowest BCUT2D eigenvalue weighted by molar-refractivity contribution is 0.492. The van der Waals surface area contributed by atoms with E-state index < -0.39 is 8.07 Å². The molecule has 1 aliphatic rings. The van der Waals surface area contributed by atoms with Gasteiger partial charge in [0.25, 0.3) is 0 Å². The number of nitrogens with zero attached hydrogens (tertiary/aromatic N) is 4. The van der Waals surface area contributed by atoms with Crippen LogP contribution in [0.3, 0.4) is 0 Å². The minimum absolute atomic E-state index is 0.0259. The van der Waals surface area contributed by atoms with Crippen molar-refractivity contribution in [3.8, 4) is 5.82 Å². The van der Waals surface area contributed by atoms with Crippen molar-refractivity contribution in [1.82, 2.24) is 9.55 Å². The number of para-hydroxylation sites is 1. The van der Waals surface area contributed by atoms with Gasteiger partial charge < -0.3 is 9.80 Å². The van der Waals surface area contributed by atoms with E-state index in [0.717, 1.165) is 23.5 Å². The molecule has 0 fully saturated rings. The van der Waals surface area contributed by atoms with Crippen molar-refractivity contribution < 1.29 is 0 Å². The number of hydrogen-bond donors (Lipinski definition) is 0. The molecule has 1 aliphatic heterocycles. The van der Waals surface area contributed by atoms with Gasteiger partial charge >= 0.3 is 0 Å². The molecule has 0 saturated carbocycles. The molecule has 0 atom stereocenters. The van der Waals surface area contributed by atoms with Gasteiger partial charge in [0.05, 0.1) is 17.7 Å². The second-order valence-electron chi connectivity index (χ2n) is 19.9. The average molecular weight is 815 g/mol. The normalized spacial score (nSPS) is 14.0. The van der Waals surface area contributed by atoms with Gasteiger partial charge in [-0.25, -0.2) is 4.98 Å². The van der Waals surface area contributed by atoms with E-state index in [-0.39, 0.29) is 16.2 Å². The SMILES string of the molecule is CC(C)(C)C1=CN(c2cc(C(C)(C)C)cc(C(C)(C)C)c2)CN1c1cccc([Si](c2ccccc2)(c2ccccc2)c2ccc3c4ccccc4n(-c4ccccn4)c3c2)c1. The molecule has 0 spiro atoms. The number of hydrogen-bond acceptors (Lipinski definition) is 3. The summed E-state index contributed by atoms with van der Waals surface area (Å²) in [5.74, 6) is 0.919. The monoisotopic (exact) mass is 814 g/mol. The Bertz CT molecular complexity index is 2820. The Labute approximate surface area is 363 Å². The molecule has 0 N–H and O–H groups in total. The summed E-state index contributed by atoms with van der Waals surface area (Å²) in [6.07, 6.45) is 4.30. The van der Waals surface area contributed by atoms with Crippen LogP contribution in [-0.4, -0.2) is 24.3 Å². The zero-order valence-electron chi connectivity index (χ0n) is 37.2. The summed E-state index contributed by atoms with van der Waals surface area (Å²) in [5, 5.41) is 7.83. The summed E-state index contributed by atoms with van der Waals surface area (Å²) >= 11 is 0. The molecular formula is C56H58N4Si. The average Bonchev–Trinajstić information content (AvgIpc) is 3.86. The van der Waals surface area contributed by atoms with E-state index >= 15 is 0 Å². The number of allylic oxidation sites excluding steroid dienone is 1. The molecular weight excluding hydrogens is 757 g/mol. The lowest BCUT2D eigenvalue weighted by Gasteiger charge is -2.36. The molecule has 3 heterocycles. The summed E-state index contributed by atoms with van der Waals surface area (Å²) in [6, 6.07) is 61.5. The zero-order chi connectivity index (χ0) is 42.7. The highest BCUT2D eigenvalue weighted by Gasteiger charge is 2.43. The number of rotatable bonds is 7. The van der Waals surface area contributed by atoms with Crippen LogP contribution in [0.5, 0.6) is 0 Å². The van der Waals surface area contributed by atoms with Gasteiger partial charge in [-0.1, -0.05) is 178 Å². The second-order valence-corrected chi connectivity index (χ2v) is 23.7. The third kappa shape index (κ3) is 7.19. The first-order valence-corrected chi connectivity index (χ1v) is 23.7. The van der Waals surface area contributed by atoms with Gasteiger partial charge in [0.1, 0.15) is 5.82 Å². The standard InChI is InChI=1S/C56H58N4Si/c1-54(2,3)40-33-41(55(4,5)6)35-43(34-40)58-38-52(56(7,8)9)59(39-58)42-21-20-26-46(36-42)61(44-22-12-10-13-23-44,45-24-14-11-15-25-45)47-30-31-49-48-27-16-17-28-50(48)60(51(49)37-47)53-29-18-19-32-57-53/h10-38H,39H2,1-9H3. The number of benzene rings is 6. The van der Waals surface area contributed by atoms with E-state index in [4.69, 9.17) is 4.98 Å². The molecule has 4 nitrogen and oxygen atoms in total. The number of aromatic nitrogens is 2. The Morgan fingerprint density at radius 2 is 1.03 bits per heavy atom. The minimum Gasteiger partial charge on any atom is -0.328 e. The summed E-state index contributed by atoms with van der Waals surface area (Å²) < 4.78 is 2.35. The van der Waals surface area contributed by atoms with Crippen molar-refractivity contribution in [2.75, 3.05) is 16.5 Å². The smallest absolute Gasteiger partial charge is 0.179 e. The quantitative estimate of drug-likeness (QED) is 0.118. The van der Waals surface area contributed by atoms with Crippen LogP contribution < -0.4 is 30.5 Å². The Morgan fingerprint density at radius 1 is 0.459 bits per heavy atom. The summed E-state index contributed by atoms with van der Waals surface area (Å²) in [7, 11) is -2.97. The fourth-order valence-corrected chi connectivity index (χ4v) is 14.1. The lowest BCUT2D eigenvalue weighted by Crippen LogP contribution is -2.74. The predicted octanol–water partition coefficient (Wildman–Crippen LogP) is 11.3. The summed E-state index contributed by atoms with van der Waals surface area (Å²) in [4.78, 5) is 9.92. The van der Waals surface area contributed by atoms with Crippen LogP contribution >= 0.6 is 0 Å². The maximum absolute atomic E-state index is 4.89. The molecule has 0 bridgehead atoms. The van der Waals surface area contributed by atoms with Crippen LogP contribution in [0.25, 0.3) is 27.6 Å². The molecule has 5 heteroatoms. The van der Waals surface area contributed by atoms with Crippen LogP contribution in [0.15, 0.2) is 182 Å². The molecule has 0 saturated heterocycles. The van der Waals surface area contributed by atoms with Crippen LogP contribution in [0.1, 0.15) is 73.4 Å². The van der Waals surface area contributed by atoms with E-state index in [9.17, 15) is 0 Å². The van der Waals surface area contributed by atoms with E-state index in [2.05, 4.69) is 241 Å². The minimum atomic E-state index is -2.97. The van der Waals surface area contributed by atoms with E-state index in [1.165, 1.54) is 59.7 Å². The highest BCUT2D eigenvalue weighted by molar-refractivity contribution is 7.20. The van der Waals surface area contributed by atoms with Crippen molar-refractivity contribution in [2.24, 2.45) is 5.41 Å². The van der Waals surface area contributed by atoms with Gasteiger partial charge in [-0.3, -0.25) is 4.57 Å². The highest BCUT2D eigenvalue weighted by atomic mass is 28.3. The highest BCUT2D eigenvalue weighted by Crippen LogP contribution is 2.40. The van der Waals surface area contributed by atoms with Gasteiger partial charge in [-0.15, -0.1) is 0 Å². The zero-order valence-corrected chi connectivity index (χ0v) is 38.2. The van der Waals surface area contributed by atoms with E-state index in [1.807, 2.05) is 12.3 Å². The van der Waals surface area contributed by atoms with E-state index in [0.29, 0.717) is 0 Å². The van der Waals surface area contributed by atoms with Crippen LogP contribution in [0.4, 0.5) is 11.4 Å². The van der Waals surface area contributed by atoms with Gasteiger partial charge in [0.2, 0.25) is 0 Å². The molecule has 0 amide bonds. The summed E-state index contributed by atoms with van der Waals surface area (Å²) in [5.41, 5.74) is 8.75. The topological polar surface area (TPSA) is 24.3 Å². The molecule has 61 heavy (non-hydrogen) atoms. The maximum Gasteiger partial charge on any atom is 0.179 e.